The summed E-state index contributed by atoms with van der Waals surface area (Å²) in [5, 5.41) is 3.03. The number of nitrogens with one attached hydrogen (secondary N) is 1. The van der Waals surface area contributed by atoms with Gasteiger partial charge >= 0.3 is 5.97 Å². The van der Waals surface area contributed by atoms with E-state index < -0.39 is 17.8 Å². The second-order valence-corrected chi connectivity index (χ2v) is 8.10. The first-order valence-electron chi connectivity index (χ1n) is 10.1. The van der Waals surface area contributed by atoms with Crippen molar-refractivity contribution in [3.63, 3.8) is 0 Å². The Hall–Kier alpha value is -3.81. The van der Waals surface area contributed by atoms with Crippen molar-refractivity contribution in [1.29, 1.82) is 0 Å². The molecule has 34 heavy (non-hydrogen) atoms. The van der Waals surface area contributed by atoms with E-state index >= 15 is 0 Å². The van der Waals surface area contributed by atoms with Gasteiger partial charge in [0.25, 0.3) is 11.8 Å². The fourth-order valence-electron chi connectivity index (χ4n) is 3.26. The minimum Gasteiger partial charge on any atom is -0.493 e. The monoisotopic (exact) mass is 496 g/mol. The number of amides is 2. The van der Waals surface area contributed by atoms with E-state index in [1.54, 1.807) is 48.5 Å². The number of esters is 1. The Kier molecular flexibility index (Phi) is 6.58. The molecule has 0 saturated heterocycles. The Morgan fingerprint density at radius 2 is 1.59 bits per heavy atom. The first-order valence-corrected chi connectivity index (χ1v) is 10.8. The molecule has 0 aromatic heterocycles. The molecule has 9 heteroatoms. The standard InChI is InChI=1S/C25H18Cl2N2O5/c1-14-7-12-17(13-18(14)26)29-23(30)21(27)22(24(29)31)28-16-10-8-15(9-11-16)25(32)34-20-6-4-3-5-19(20)33-2/h3-13,28H,1-2H3. The van der Waals surface area contributed by atoms with Crippen LogP contribution in [0.4, 0.5) is 11.4 Å². The van der Waals surface area contributed by atoms with Crippen LogP contribution in [0, 0.1) is 6.92 Å². The van der Waals surface area contributed by atoms with Gasteiger partial charge in [0.2, 0.25) is 0 Å². The van der Waals surface area contributed by atoms with Gasteiger partial charge in [0.05, 0.1) is 18.4 Å². The summed E-state index contributed by atoms with van der Waals surface area (Å²) in [6.45, 7) is 1.81. The molecule has 1 aliphatic heterocycles. The van der Waals surface area contributed by atoms with Crippen LogP contribution in [-0.2, 0) is 9.59 Å². The maximum absolute atomic E-state index is 12.9. The SMILES string of the molecule is COc1ccccc1OC(=O)c1ccc(NC2=C(Cl)C(=O)N(c3ccc(C)c(Cl)c3)C2=O)cc1. The average molecular weight is 497 g/mol. The number of benzene rings is 3. The first-order chi connectivity index (χ1) is 16.3. The minimum atomic E-state index is -0.661. The number of halogens is 2. The number of imide groups is 1. The Morgan fingerprint density at radius 1 is 0.912 bits per heavy atom. The van der Waals surface area contributed by atoms with Gasteiger partial charge in [0, 0.05) is 10.7 Å². The second-order valence-electron chi connectivity index (χ2n) is 7.31. The summed E-state index contributed by atoms with van der Waals surface area (Å²) in [7, 11) is 1.48. The van der Waals surface area contributed by atoms with E-state index in [-0.39, 0.29) is 16.3 Å². The number of hydrogen-bond donors (Lipinski definition) is 1. The quantitative estimate of drug-likeness (QED) is 0.282. The number of anilines is 2. The molecule has 1 N–H and O–H groups in total. The first kappa shape index (κ1) is 23.4. The molecule has 0 bridgehead atoms. The normalized spacial score (nSPS) is 13.4. The zero-order valence-electron chi connectivity index (χ0n) is 18.1. The van der Waals surface area contributed by atoms with Gasteiger partial charge in [-0.15, -0.1) is 0 Å². The van der Waals surface area contributed by atoms with Crippen LogP contribution in [0.5, 0.6) is 11.5 Å². The van der Waals surface area contributed by atoms with Gasteiger partial charge in [-0.25, -0.2) is 9.69 Å². The fraction of sp³-hybridized carbons (Fsp3) is 0.0800. The van der Waals surface area contributed by atoms with Crippen molar-refractivity contribution in [2.24, 2.45) is 0 Å². The highest BCUT2D eigenvalue weighted by Gasteiger charge is 2.39. The highest BCUT2D eigenvalue weighted by molar-refractivity contribution is 6.53. The Bertz CT molecular complexity index is 1340. The van der Waals surface area contributed by atoms with Gasteiger partial charge in [0.1, 0.15) is 10.7 Å². The Labute approximate surface area is 205 Å². The molecule has 0 spiro atoms. The molecule has 3 aromatic rings. The highest BCUT2D eigenvalue weighted by Crippen LogP contribution is 2.32. The number of ether oxygens (including phenoxy) is 2. The molecule has 0 radical (unpaired) electrons. The lowest BCUT2D eigenvalue weighted by atomic mass is 10.2. The maximum atomic E-state index is 12.9. The van der Waals surface area contributed by atoms with Crippen LogP contribution in [-0.4, -0.2) is 24.9 Å². The number of hydrogen-bond acceptors (Lipinski definition) is 6. The molecule has 2 amide bonds. The Balaban J connectivity index is 1.49. The zero-order chi connectivity index (χ0) is 24.4. The summed E-state index contributed by atoms with van der Waals surface area (Å²) in [4.78, 5) is 39.0. The van der Waals surface area contributed by atoms with Crippen LogP contribution in [0.2, 0.25) is 5.02 Å². The summed E-state index contributed by atoms with van der Waals surface area (Å²) in [6.07, 6.45) is 0. The van der Waals surface area contributed by atoms with Crippen LogP contribution in [0.1, 0.15) is 15.9 Å². The van der Waals surface area contributed by atoms with E-state index in [0.717, 1.165) is 10.5 Å². The van der Waals surface area contributed by atoms with E-state index in [2.05, 4.69) is 5.32 Å². The summed E-state index contributed by atoms with van der Waals surface area (Å²) in [5.74, 6) is -1.14. The molecular formula is C25H18Cl2N2O5. The van der Waals surface area contributed by atoms with Crippen molar-refractivity contribution in [3.8, 4) is 11.5 Å². The molecule has 172 valence electrons. The zero-order valence-corrected chi connectivity index (χ0v) is 19.6. The molecule has 0 fully saturated rings. The largest absolute Gasteiger partial charge is 0.493 e. The van der Waals surface area contributed by atoms with E-state index in [4.69, 9.17) is 32.7 Å². The number of carbonyl (C=O) groups is 3. The molecule has 0 saturated carbocycles. The lowest BCUT2D eigenvalue weighted by Crippen LogP contribution is -2.32. The van der Waals surface area contributed by atoms with E-state index in [0.29, 0.717) is 27.9 Å². The smallest absolute Gasteiger partial charge is 0.343 e. The molecule has 7 nitrogen and oxygen atoms in total. The molecule has 3 aromatic carbocycles. The van der Waals surface area contributed by atoms with Crippen molar-refractivity contribution >= 4 is 52.4 Å². The predicted octanol–water partition coefficient (Wildman–Crippen LogP) is 5.31. The van der Waals surface area contributed by atoms with Gasteiger partial charge < -0.3 is 14.8 Å². The third kappa shape index (κ3) is 4.48. The summed E-state index contributed by atoms with van der Waals surface area (Å²) >= 11 is 12.3. The average Bonchev–Trinajstić information content (AvgIpc) is 3.04. The van der Waals surface area contributed by atoms with Crippen molar-refractivity contribution in [3.05, 3.63) is 93.6 Å². The van der Waals surface area contributed by atoms with Crippen molar-refractivity contribution in [1.82, 2.24) is 0 Å². The summed E-state index contributed by atoms with van der Waals surface area (Å²) < 4.78 is 10.6. The molecular weight excluding hydrogens is 479 g/mol. The molecule has 1 aliphatic rings. The van der Waals surface area contributed by atoms with Gasteiger partial charge in [-0.05, 0) is 61.0 Å². The number of methoxy groups -OCH3 is 1. The van der Waals surface area contributed by atoms with Gasteiger partial charge in [-0.1, -0.05) is 41.4 Å². The van der Waals surface area contributed by atoms with E-state index in [1.165, 1.54) is 25.3 Å². The van der Waals surface area contributed by atoms with Crippen molar-refractivity contribution in [2.75, 3.05) is 17.3 Å². The maximum Gasteiger partial charge on any atom is 0.343 e. The van der Waals surface area contributed by atoms with Crippen LogP contribution >= 0.6 is 23.2 Å². The molecule has 0 atom stereocenters. The van der Waals surface area contributed by atoms with Gasteiger partial charge in [-0.2, -0.15) is 0 Å². The third-order valence-electron chi connectivity index (χ3n) is 5.10. The third-order valence-corrected chi connectivity index (χ3v) is 5.86. The topological polar surface area (TPSA) is 84.9 Å². The van der Waals surface area contributed by atoms with Crippen LogP contribution < -0.4 is 19.7 Å². The van der Waals surface area contributed by atoms with Crippen molar-refractivity contribution in [2.45, 2.75) is 6.92 Å². The second kappa shape index (κ2) is 9.59. The number of para-hydroxylation sites is 2. The number of rotatable bonds is 6. The van der Waals surface area contributed by atoms with Crippen LogP contribution in [0.3, 0.4) is 0 Å². The van der Waals surface area contributed by atoms with Gasteiger partial charge in [0.15, 0.2) is 11.5 Å². The van der Waals surface area contributed by atoms with Gasteiger partial charge in [-0.3, -0.25) is 9.59 Å². The Morgan fingerprint density at radius 3 is 2.24 bits per heavy atom. The number of aryl methyl sites for hydroxylation is 1. The summed E-state index contributed by atoms with van der Waals surface area (Å²) in [6, 6.07) is 17.8. The molecule has 4 rings (SSSR count). The lowest BCUT2D eigenvalue weighted by molar-refractivity contribution is -0.120. The lowest BCUT2D eigenvalue weighted by Gasteiger charge is -2.16. The molecule has 1 heterocycles. The number of nitrogens with zero attached hydrogens (tertiary/aromatic N) is 1. The molecule has 0 unspecified atom stereocenters. The summed E-state index contributed by atoms with van der Waals surface area (Å²) in [5.41, 5.74) is 1.78. The molecule has 0 aliphatic carbocycles. The highest BCUT2D eigenvalue weighted by atomic mass is 35.5. The van der Waals surface area contributed by atoms with Crippen LogP contribution in [0.25, 0.3) is 0 Å². The van der Waals surface area contributed by atoms with E-state index in [1.807, 2.05) is 6.92 Å². The fourth-order valence-corrected chi connectivity index (χ4v) is 3.65. The predicted molar refractivity (Wildman–Crippen MR) is 130 cm³/mol. The van der Waals surface area contributed by atoms with E-state index in [9.17, 15) is 14.4 Å². The van der Waals surface area contributed by atoms with Crippen molar-refractivity contribution < 1.29 is 23.9 Å². The van der Waals surface area contributed by atoms with Crippen LogP contribution in [0.15, 0.2) is 77.5 Å². The number of carbonyl (C=O) groups excluding carboxylic acids is 3. The minimum absolute atomic E-state index is 0.0762.